The summed E-state index contributed by atoms with van der Waals surface area (Å²) in [5, 5.41) is 3.05. The zero-order chi connectivity index (χ0) is 35.4. The summed E-state index contributed by atoms with van der Waals surface area (Å²) < 4.78 is 68.6. The van der Waals surface area contributed by atoms with Gasteiger partial charge in [0.15, 0.2) is 0 Å². The zero-order valence-electron chi connectivity index (χ0n) is 27.9. The first-order valence-electron chi connectivity index (χ1n) is 16.5. The molecule has 1 aliphatic rings. The van der Waals surface area contributed by atoms with Crippen molar-refractivity contribution < 1.29 is 46.4 Å². The van der Waals surface area contributed by atoms with Gasteiger partial charge in [0.25, 0.3) is 5.91 Å². The number of nitrogens with zero attached hydrogens (tertiary/aromatic N) is 4. The molecule has 0 unspecified atom stereocenters. The molecular weight excluding hydrogens is 661 g/mol. The van der Waals surface area contributed by atoms with E-state index < -0.39 is 6.36 Å². The van der Waals surface area contributed by atoms with Crippen molar-refractivity contribution in [2.75, 3.05) is 111 Å². The number of benzene rings is 2. The normalized spacial score (nSPS) is 13.8. The molecule has 0 atom stereocenters. The fourth-order valence-electron chi connectivity index (χ4n) is 4.90. The number of halogens is 3. The maximum absolute atomic E-state index is 13.3. The van der Waals surface area contributed by atoms with Gasteiger partial charge in [0.1, 0.15) is 17.9 Å². The average Bonchev–Trinajstić information content (AvgIpc) is 3.12. The number of hydrogen-bond acceptors (Lipinski definition) is 12. The van der Waals surface area contributed by atoms with Gasteiger partial charge in [-0.15, -0.1) is 13.2 Å². The third-order valence-electron chi connectivity index (χ3n) is 7.39. The number of hydrogen-bond donors (Lipinski definition) is 2. The molecule has 0 radical (unpaired) electrons. The van der Waals surface area contributed by atoms with Crippen LogP contribution in [0.4, 0.5) is 24.7 Å². The first-order chi connectivity index (χ1) is 24.3. The lowest BCUT2D eigenvalue weighted by molar-refractivity contribution is -0.274. The molecule has 16 heteroatoms. The van der Waals surface area contributed by atoms with E-state index in [4.69, 9.17) is 29.4 Å². The first kappa shape index (κ1) is 38.9. The second kappa shape index (κ2) is 21.3. The number of nitrogens with one attached hydrogen (secondary N) is 1. The van der Waals surface area contributed by atoms with Gasteiger partial charge in [-0.25, -0.2) is 9.97 Å². The number of aromatic nitrogens is 2. The van der Waals surface area contributed by atoms with E-state index in [2.05, 4.69) is 24.9 Å². The third kappa shape index (κ3) is 14.5. The fourth-order valence-corrected chi connectivity index (χ4v) is 4.90. The molecule has 2 heterocycles. The number of rotatable bonds is 22. The molecule has 2 aromatic carbocycles. The van der Waals surface area contributed by atoms with Crippen LogP contribution in [0.5, 0.6) is 5.75 Å². The van der Waals surface area contributed by atoms with Gasteiger partial charge in [-0.2, -0.15) is 0 Å². The quantitative estimate of drug-likeness (QED) is 0.148. The molecule has 0 aliphatic carbocycles. The van der Waals surface area contributed by atoms with Crippen molar-refractivity contribution in [3.05, 3.63) is 66.5 Å². The number of alkyl halides is 3. The van der Waals surface area contributed by atoms with E-state index in [9.17, 15) is 18.0 Å². The summed E-state index contributed by atoms with van der Waals surface area (Å²) in [7, 11) is 0. The van der Waals surface area contributed by atoms with Crippen molar-refractivity contribution in [1.82, 2.24) is 19.8 Å². The Bertz CT molecular complexity index is 1410. The summed E-state index contributed by atoms with van der Waals surface area (Å²) in [5.74, 6) is 0.0600. The Balaban J connectivity index is 1.10. The number of carbonyl (C=O) groups excluding carboxylic acids is 1. The lowest BCUT2D eigenvalue weighted by atomic mass is 10.1. The number of ether oxygens (including phenoxy) is 6. The minimum atomic E-state index is -4.76. The van der Waals surface area contributed by atoms with E-state index in [-0.39, 0.29) is 11.7 Å². The SMILES string of the molecule is NCCOCCOCCOCCOCCOCCN1CCN(C(=O)c2cccc(-c3cc(Nc4ccc(OC(F)(F)F)cc4)ncn3)c2)CC1. The Hall–Kier alpha value is -3.90. The Morgan fingerprint density at radius 1 is 0.760 bits per heavy atom. The Kier molecular flexibility index (Phi) is 16.6. The van der Waals surface area contributed by atoms with Gasteiger partial charge >= 0.3 is 6.36 Å². The summed E-state index contributed by atoms with van der Waals surface area (Å²) in [6.45, 7) is 9.13. The van der Waals surface area contributed by atoms with Crippen molar-refractivity contribution in [3.8, 4) is 17.0 Å². The van der Waals surface area contributed by atoms with Crippen LogP contribution in [0.3, 0.4) is 0 Å². The summed E-state index contributed by atoms with van der Waals surface area (Å²) in [4.78, 5) is 26.0. The fraction of sp³-hybridized carbons (Fsp3) is 0.500. The lowest BCUT2D eigenvalue weighted by Gasteiger charge is -2.34. The minimum Gasteiger partial charge on any atom is -0.406 e. The van der Waals surface area contributed by atoms with Crippen LogP contribution < -0.4 is 15.8 Å². The first-order valence-corrected chi connectivity index (χ1v) is 16.5. The molecule has 1 aromatic heterocycles. The van der Waals surface area contributed by atoms with Crippen molar-refractivity contribution in [3.63, 3.8) is 0 Å². The van der Waals surface area contributed by atoms with Gasteiger partial charge in [-0.05, 0) is 36.4 Å². The molecule has 13 nitrogen and oxygen atoms in total. The molecular formula is C34H45F3N6O7. The summed E-state index contributed by atoms with van der Waals surface area (Å²) in [6, 6.07) is 14.3. The molecule has 3 aromatic rings. The van der Waals surface area contributed by atoms with Crippen LogP contribution in [0.2, 0.25) is 0 Å². The van der Waals surface area contributed by atoms with Gasteiger partial charge in [0.2, 0.25) is 0 Å². The van der Waals surface area contributed by atoms with E-state index in [0.717, 1.165) is 25.2 Å². The van der Waals surface area contributed by atoms with Crippen LogP contribution in [0.15, 0.2) is 60.9 Å². The highest BCUT2D eigenvalue weighted by atomic mass is 19.4. The molecule has 1 amide bonds. The molecule has 1 saturated heterocycles. The summed E-state index contributed by atoms with van der Waals surface area (Å²) >= 11 is 0. The second-order valence-corrected chi connectivity index (χ2v) is 11.1. The van der Waals surface area contributed by atoms with E-state index in [1.807, 2.05) is 11.0 Å². The zero-order valence-corrected chi connectivity index (χ0v) is 27.9. The van der Waals surface area contributed by atoms with Crippen molar-refractivity contribution >= 4 is 17.4 Å². The standard InChI is InChI=1S/C34H45F3N6O7/c35-34(36,37)50-30-6-4-29(5-7-30)41-32-25-31(39-26-40-32)27-2-1-3-28(24-27)33(44)43-11-9-42(10-12-43)13-15-46-17-19-48-21-23-49-22-20-47-18-16-45-14-8-38/h1-7,24-26H,8-23,38H2,(H,39,40,41). The number of amides is 1. The van der Waals surface area contributed by atoms with Gasteiger partial charge in [-0.3, -0.25) is 9.69 Å². The van der Waals surface area contributed by atoms with Gasteiger partial charge < -0.3 is 44.4 Å². The Morgan fingerprint density at radius 3 is 1.96 bits per heavy atom. The Morgan fingerprint density at radius 2 is 1.36 bits per heavy atom. The topological polar surface area (TPSA) is 143 Å². The highest BCUT2D eigenvalue weighted by molar-refractivity contribution is 5.95. The van der Waals surface area contributed by atoms with Crippen molar-refractivity contribution in [1.29, 1.82) is 0 Å². The highest BCUT2D eigenvalue weighted by Crippen LogP contribution is 2.26. The second-order valence-electron chi connectivity index (χ2n) is 11.1. The largest absolute Gasteiger partial charge is 0.573 e. The average molecular weight is 707 g/mol. The minimum absolute atomic E-state index is 0.0575. The van der Waals surface area contributed by atoms with Gasteiger partial charge in [-0.1, -0.05) is 12.1 Å². The van der Waals surface area contributed by atoms with Crippen LogP contribution >= 0.6 is 0 Å². The lowest BCUT2D eigenvalue weighted by Crippen LogP contribution is -2.49. The van der Waals surface area contributed by atoms with E-state index in [0.29, 0.717) is 108 Å². The van der Waals surface area contributed by atoms with Crippen LogP contribution in [0, 0.1) is 0 Å². The molecule has 0 spiro atoms. The van der Waals surface area contributed by atoms with Gasteiger partial charge in [0, 0.05) is 62.1 Å². The van der Waals surface area contributed by atoms with Crippen LogP contribution in [-0.2, 0) is 23.7 Å². The summed E-state index contributed by atoms with van der Waals surface area (Å²) in [5.41, 5.74) is 7.73. The van der Waals surface area contributed by atoms with Crippen LogP contribution in [0.1, 0.15) is 10.4 Å². The number of carbonyl (C=O) groups is 1. The third-order valence-corrected chi connectivity index (χ3v) is 7.39. The van der Waals surface area contributed by atoms with E-state index >= 15 is 0 Å². The monoisotopic (exact) mass is 706 g/mol. The molecule has 50 heavy (non-hydrogen) atoms. The molecule has 0 bridgehead atoms. The van der Waals surface area contributed by atoms with Crippen LogP contribution in [-0.4, -0.2) is 137 Å². The maximum Gasteiger partial charge on any atom is 0.573 e. The van der Waals surface area contributed by atoms with Gasteiger partial charge in [0.05, 0.1) is 71.8 Å². The summed E-state index contributed by atoms with van der Waals surface area (Å²) in [6.07, 6.45) is -3.38. The molecule has 0 saturated carbocycles. The molecule has 1 aliphatic heterocycles. The number of anilines is 2. The number of nitrogens with two attached hydrogens (primary N) is 1. The van der Waals surface area contributed by atoms with E-state index in [1.54, 1.807) is 24.3 Å². The molecule has 3 N–H and O–H groups in total. The molecule has 4 rings (SSSR count). The van der Waals surface area contributed by atoms with Crippen molar-refractivity contribution in [2.24, 2.45) is 5.73 Å². The Labute approximate surface area is 289 Å². The molecule has 274 valence electrons. The highest BCUT2D eigenvalue weighted by Gasteiger charge is 2.31. The van der Waals surface area contributed by atoms with Crippen LogP contribution in [0.25, 0.3) is 11.3 Å². The van der Waals surface area contributed by atoms with E-state index in [1.165, 1.54) is 30.6 Å². The number of piperazine rings is 1. The van der Waals surface area contributed by atoms with Crippen molar-refractivity contribution in [2.45, 2.75) is 6.36 Å². The smallest absolute Gasteiger partial charge is 0.406 e. The predicted octanol–water partition coefficient (Wildman–Crippen LogP) is 3.59. The predicted molar refractivity (Wildman–Crippen MR) is 179 cm³/mol. The molecule has 1 fully saturated rings. The maximum atomic E-state index is 13.3.